The van der Waals surface area contributed by atoms with Gasteiger partial charge in [-0.05, 0) is 0 Å². The number of nitrogens with zero attached hydrogens (tertiary/aromatic N) is 1. The van der Waals surface area contributed by atoms with Crippen LogP contribution in [0, 0.1) is 0 Å². The van der Waals surface area contributed by atoms with E-state index in [9.17, 15) is 13.9 Å². The number of rotatable bonds is 3. The molecule has 0 spiro atoms. The van der Waals surface area contributed by atoms with Crippen molar-refractivity contribution >= 4 is 0 Å². The number of hydrogen-bond acceptors (Lipinski definition) is 4. The predicted octanol–water partition coefficient (Wildman–Crippen LogP) is 1.19. The van der Waals surface area contributed by atoms with Gasteiger partial charge in [0.15, 0.2) is 11.5 Å². The number of aromatic hydroxyl groups is 1. The molecular weight excluding hydrogens is 194 g/mol. The lowest BCUT2D eigenvalue weighted by molar-refractivity contribution is 0.145. The quantitative estimate of drug-likeness (QED) is 0.776. The molecule has 0 amide bonds. The van der Waals surface area contributed by atoms with Gasteiger partial charge in [-0.15, -0.1) is 0 Å². The van der Waals surface area contributed by atoms with Gasteiger partial charge in [0.05, 0.1) is 18.4 Å². The second-order valence-corrected chi connectivity index (χ2v) is 2.55. The molecule has 0 atom stereocenters. The lowest BCUT2D eigenvalue weighted by Crippen LogP contribution is -2.03. The first-order chi connectivity index (χ1) is 6.61. The van der Waals surface area contributed by atoms with Crippen LogP contribution in [0.4, 0.5) is 8.78 Å². The molecule has 14 heavy (non-hydrogen) atoms. The summed E-state index contributed by atoms with van der Waals surface area (Å²) in [5, 5.41) is 9.42. The van der Waals surface area contributed by atoms with Crippen LogP contribution in [0.15, 0.2) is 6.20 Å². The molecule has 6 heteroatoms. The summed E-state index contributed by atoms with van der Waals surface area (Å²) in [5.41, 5.74) is 4.92. The average Bonchev–Trinajstić information content (AvgIpc) is 2.17. The maximum atomic E-state index is 12.4. The fraction of sp³-hybridized carbons (Fsp3) is 0.375. The third-order valence-corrected chi connectivity index (χ3v) is 1.74. The van der Waals surface area contributed by atoms with Crippen LogP contribution >= 0.6 is 0 Å². The molecule has 3 N–H and O–H groups in total. The summed E-state index contributed by atoms with van der Waals surface area (Å²) in [6.07, 6.45) is -1.79. The van der Waals surface area contributed by atoms with Gasteiger partial charge in [0.1, 0.15) is 0 Å². The summed E-state index contributed by atoms with van der Waals surface area (Å²) in [6, 6.07) is 0. The van der Waals surface area contributed by atoms with E-state index in [0.29, 0.717) is 0 Å². The zero-order valence-corrected chi connectivity index (χ0v) is 7.50. The van der Waals surface area contributed by atoms with Gasteiger partial charge in [-0.1, -0.05) is 0 Å². The van der Waals surface area contributed by atoms with E-state index >= 15 is 0 Å². The van der Waals surface area contributed by atoms with Crippen molar-refractivity contribution in [1.29, 1.82) is 0 Å². The summed E-state index contributed by atoms with van der Waals surface area (Å²) in [5.74, 6) is -0.691. The molecule has 1 aromatic heterocycles. The Bertz CT molecular complexity index is 331. The molecule has 78 valence electrons. The van der Waals surface area contributed by atoms with Crippen molar-refractivity contribution in [2.75, 3.05) is 7.11 Å². The maximum Gasteiger partial charge on any atom is 0.269 e. The molecule has 0 unspecified atom stereocenters. The van der Waals surface area contributed by atoms with Gasteiger partial charge >= 0.3 is 0 Å². The third kappa shape index (κ3) is 1.74. The molecule has 0 fully saturated rings. The SMILES string of the molecule is COc1c(C(F)F)cnc(CN)c1O. The fourth-order valence-electron chi connectivity index (χ4n) is 1.05. The number of alkyl halides is 2. The minimum absolute atomic E-state index is 0.0360. The van der Waals surface area contributed by atoms with E-state index in [1.54, 1.807) is 0 Å². The normalized spacial score (nSPS) is 10.6. The van der Waals surface area contributed by atoms with Crippen LogP contribution in [-0.4, -0.2) is 17.2 Å². The second-order valence-electron chi connectivity index (χ2n) is 2.55. The number of halogens is 2. The molecule has 0 bridgehead atoms. The van der Waals surface area contributed by atoms with E-state index in [1.807, 2.05) is 0 Å². The summed E-state index contributed by atoms with van der Waals surface area (Å²) in [6.45, 7) is -0.0360. The Morgan fingerprint density at radius 3 is 2.71 bits per heavy atom. The molecule has 0 aliphatic heterocycles. The van der Waals surface area contributed by atoms with Gasteiger partial charge in [-0.3, -0.25) is 4.98 Å². The molecule has 0 saturated heterocycles. The molecule has 0 aromatic carbocycles. The standard InChI is InChI=1S/C8H10F2N2O2/c1-14-7-4(8(9)10)3-12-5(2-11)6(7)13/h3,8,13H,2,11H2,1H3. The number of methoxy groups -OCH3 is 1. The van der Waals surface area contributed by atoms with Gasteiger partial charge in [0, 0.05) is 12.7 Å². The van der Waals surface area contributed by atoms with Crippen molar-refractivity contribution in [3.8, 4) is 11.5 Å². The number of nitrogens with two attached hydrogens (primary N) is 1. The Morgan fingerprint density at radius 2 is 2.29 bits per heavy atom. The van der Waals surface area contributed by atoms with Gasteiger partial charge in [0.2, 0.25) is 0 Å². The van der Waals surface area contributed by atoms with Crippen LogP contribution in [0.5, 0.6) is 11.5 Å². The molecule has 0 radical (unpaired) electrons. The molecule has 4 nitrogen and oxygen atoms in total. The summed E-state index contributed by atoms with van der Waals surface area (Å²) >= 11 is 0. The molecular formula is C8H10F2N2O2. The molecule has 0 aliphatic carbocycles. The Hall–Kier alpha value is -1.43. The van der Waals surface area contributed by atoms with Crippen molar-refractivity contribution in [2.45, 2.75) is 13.0 Å². The highest BCUT2D eigenvalue weighted by Gasteiger charge is 2.20. The molecule has 1 heterocycles. The third-order valence-electron chi connectivity index (χ3n) is 1.74. The van der Waals surface area contributed by atoms with E-state index in [2.05, 4.69) is 9.72 Å². The number of ether oxygens (including phenoxy) is 1. The first kappa shape index (κ1) is 10.6. The molecule has 0 saturated carbocycles. The van der Waals surface area contributed by atoms with E-state index < -0.39 is 17.7 Å². The monoisotopic (exact) mass is 204 g/mol. The van der Waals surface area contributed by atoms with Crippen molar-refractivity contribution < 1.29 is 18.6 Å². The Labute approximate surface area is 79.3 Å². The van der Waals surface area contributed by atoms with Crippen LogP contribution in [0.3, 0.4) is 0 Å². The largest absolute Gasteiger partial charge is 0.503 e. The predicted molar refractivity (Wildman–Crippen MR) is 45.3 cm³/mol. The Balaban J connectivity index is 3.28. The lowest BCUT2D eigenvalue weighted by atomic mass is 10.2. The highest BCUT2D eigenvalue weighted by molar-refractivity contribution is 5.47. The summed E-state index contributed by atoms with van der Waals surface area (Å²) in [7, 11) is 1.20. The van der Waals surface area contributed by atoms with Gasteiger partial charge < -0.3 is 15.6 Å². The lowest BCUT2D eigenvalue weighted by Gasteiger charge is -2.11. The Morgan fingerprint density at radius 1 is 1.64 bits per heavy atom. The number of aromatic nitrogens is 1. The highest BCUT2D eigenvalue weighted by Crippen LogP contribution is 2.37. The van der Waals surface area contributed by atoms with E-state index in [4.69, 9.17) is 5.73 Å². The fourth-order valence-corrected chi connectivity index (χ4v) is 1.05. The second kappa shape index (κ2) is 4.19. The van der Waals surface area contributed by atoms with Gasteiger partial charge in [-0.25, -0.2) is 8.78 Å². The van der Waals surface area contributed by atoms with Crippen molar-refractivity contribution in [3.05, 3.63) is 17.5 Å². The van der Waals surface area contributed by atoms with E-state index in [0.717, 1.165) is 6.20 Å². The van der Waals surface area contributed by atoms with Crippen LogP contribution in [0.2, 0.25) is 0 Å². The van der Waals surface area contributed by atoms with Crippen molar-refractivity contribution in [1.82, 2.24) is 4.98 Å². The molecule has 1 rings (SSSR count). The minimum Gasteiger partial charge on any atom is -0.503 e. The maximum absolute atomic E-state index is 12.4. The first-order valence-electron chi connectivity index (χ1n) is 3.84. The van der Waals surface area contributed by atoms with E-state index in [1.165, 1.54) is 7.11 Å². The van der Waals surface area contributed by atoms with Gasteiger partial charge in [-0.2, -0.15) is 0 Å². The van der Waals surface area contributed by atoms with Crippen LogP contribution < -0.4 is 10.5 Å². The Kier molecular flexibility index (Phi) is 3.19. The number of hydrogen-bond donors (Lipinski definition) is 2. The van der Waals surface area contributed by atoms with Crippen molar-refractivity contribution in [3.63, 3.8) is 0 Å². The minimum atomic E-state index is -2.74. The molecule has 0 aliphatic rings. The van der Waals surface area contributed by atoms with E-state index in [-0.39, 0.29) is 18.0 Å². The average molecular weight is 204 g/mol. The highest BCUT2D eigenvalue weighted by atomic mass is 19.3. The zero-order chi connectivity index (χ0) is 10.7. The van der Waals surface area contributed by atoms with Crippen LogP contribution in [0.1, 0.15) is 17.7 Å². The molecule has 1 aromatic rings. The van der Waals surface area contributed by atoms with Crippen LogP contribution in [0.25, 0.3) is 0 Å². The zero-order valence-electron chi connectivity index (χ0n) is 7.50. The van der Waals surface area contributed by atoms with Gasteiger partial charge in [0.25, 0.3) is 6.43 Å². The summed E-state index contributed by atoms with van der Waals surface area (Å²) in [4.78, 5) is 3.59. The number of pyridine rings is 1. The topological polar surface area (TPSA) is 68.4 Å². The smallest absolute Gasteiger partial charge is 0.269 e. The first-order valence-corrected chi connectivity index (χ1v) is 3.84. The van der Waals surface area contributed by atoms with Crippen molar-refractivity contribution in [2.24, 2.45) is 5.73 Å². The van der Waals surface area contributed by atoms with Crippen LogP contribution in [-0.2, 0) is 6.54 Å². The summed E-state index contributed by atoms with van der Waals surface area (Å²) < 4.78 is 29.4.